The van der Waals surface area contributed by atoms with Crippen molar-refractivity contribution in [3.05, 3.63) is 108 Å². The number of guanidine groups is 2. The van der Waals surface area contributed by atoms with Gasteiger partial charge in [-0.3, -0.25) is 34.0 Å². The minimum atomic E-state index is -1.29. The number of rotatable bonds is 23. The molecule has 0 aliphatic heterocycles. The number of para-hydroxylation sites is 3. The third-order valence-electron chi connectivity index (χ3n) is 11.1. The average Bonchev–Trinajstić information content (AvgIpc) is 4.02. The Balaban J connectivity index is 1.24. The summed E-state index contributed by atoms with van der Waals surface area (Å²) in [6, 6.07) is 16.7. The maximum Gasteiger partial charge on any atom is 0.243 e. The molecule has 0 spiro atoms. The van der Waals surface area contributed by atoms with E-state index in [1.165, 1.54) is 0 Å². The monoisotopic (exact) mass is 887 g/mol. The van der Waals surface area contributed by atoms with Gasteiger partial charge in [0.2, 0.25) is 29.5 Å². The SMILES string of the molecule is NC(=O)[C@H](Cc1c[nH]c2ccccc12)NC(=O)[C@H](CCCN=C(N)N)NC(=O)[C@H](Cc1c[nH]c2ccccc12)NC(=O)[C@H](CCCN=C(N)N)NC(=O)[C@@H](N)Cc1c[nH]c2ccccc12. The van der Waals surface area contributed by atoms with Gasteiger partial charge in [0.05, 0.1) is 6.04 Å². The molecule has 0 aliphatic rings. The molecule has 0 bridgehead atoms. The van der Waals surface area contributed by atoms with Crippen molar-refractivity contribution in [3.8, 4) is 0 Å². The van der Waals surface area contributed by atoms with Gasteiger partial charge in [0, 0.05) is 77.2 Å². The van der Waals surface area contributed by atoms with Crippen molar-refractivity contribution in [1.82, 2.24) is 36.2 Å². The number of carbonyl (C=O) groups excluding carboxylic acids is 5. The van der Waals surface area contributed by atoms with E-state index >= 15 is 0 Å². The smallest absolute Gasteiger partial charge is 0.243 e. The van der Waals surface area contributed by atoms with Crippen molar-refractivity contribution in [2.24, 2.45) is 44.4 Å². The number of aromatic nitrogens is 3. The number of primary amides is 1. The number of nitrogens with zero attached hydrogens (tertiary/aromatic N) is 2. The van der Waals surface area contributed by atoms with Crippen LogP contribution in [0.3, 0.4) is 0 Å². The number of fused-ring (bicyclic) bond motifs is 3. The Bertz CT molecular complexity index is 2670. The van der Waals surface area contributed by atoms with Gasteiger partial charge >= 0.3 is 0 Å². The maximum absolute atomic E-state index is 14.6. The summed E-state index contributed by atoms with van der Waals surface area (Å²) in [6.45, 7) is 0.293. The van der Waals surface area contributed by atoms with Crippen LogP contribution in [0.2, 0.25) is 0 Å². The first-order chi connectivity index (χ1) is 31.3. The number of nitrogens with one attached hydrogen (secondary N) is 7. The van der Waals surface area contributed by atoms with Crippen LogP contribution < -0.4 is 55.7 Å². The van der Waals surface area contributed by atoms with Crippen molar-refractivity contribution in [2.45, 2.75) is 75.2 Å². The van der Waals surface area contributed by atoms with Crippen LogP contribution in [0, 0.1) is 0 Å². The van der Waals surface area contributed by atoms with Gasteiger partial charge in [-0.25, -0.2) is 0 Å². The third-order valence-corrected chi connectivity index (χ3v) is 11.1. The van der Waals surface area contributed by atoms with E-state index in [1.807, 2.05) is 72.8 Å². The summed E-state index contributed by atoms with van der Waals surface area (Å²) in [6.07, 6.45) is 6.14. The molecule has 19 N–H and O–H groups in total. The molecule has 5 atom stereocenters. The first-order valence-electron chi connectivity index (χ1n) is 21.3. The molecule has 6 aromatic rings. The number of H-pyrrole nitrogens is 3. The molecular formula is C45H57N15O5. The van der Waals surface area contributed by atoms with Crippen LogP contribution in [0.5, 0.6) is 0 Å². The van der Waals surface area contributed by atoms with Gasteiger partial charge < -0.3 is 70.6 Å². The molecule has 0 unspecified atom stereocenters. The molecule has 0 fully saturated rings. The Hall–Kier alpha value is -7.87. The number of nitrogens with two attached hydrogens (primary N) is 6. The molecule has 20 nitrogen and oxygen atoms in total. The molecule has 20 heteroatoms. The second-order valence-electron chi connectivity index (χ2n) is 15.8. The Kier molecular flexibility index (Phi) is 15.8. The van der Waals surface area contributed by atoms with Crippen LogP contribution >= 0.6 is 0 Å². The van der Waals surface area contributed by atoms with E-state index in [4.69, 9.17) is 34.4 Å². The van der Waals surface area contributed by atoms with Crippen molar-refractivity contribution in [1.29, 1.82) is 0 Å². The zero-order valence-corrected chi connectivity index (χ0v) is 35.8. The third kappa shape index (κ3) is 12.6. The summed E-state index contributed by atoms with van der Waals surface area (Å²) in [4.78, 5) is 87.1. The highest BCUT2D eigenvalue weighted by atomic mass is 16.2. The number of benzene rings is 3. The van der Waals surface area contributed by atoms with Crippen molar-refractivity contribution < 1.29 is 24.0 Å². The Morgan fingerprint density at radius 3 is 1.26 bits per heavy atom. The molecule has 6 rings (SSSR count). The van der Waals surface area contributed by atoms with Gasteiger partial charge in [-0.2, -0.15) is 0 Å². The summed E-state index contributed by atoms with van der Waals surface area (Å²) in [5.41, 5.74) is 39.2. The largest absolute Gasteiger partial charge is 0.370 e. The van der Waals surface area contributed by atoms with Crippen LogP contribution in [-0.2, 0) is 43.2 Å². The fraction of sp³-hybridized carbons (Fsp3) is 0.311. The van der Waals surface area contributed by atoms with Gasteiger partial charge in [-0.05, 0) is 67.0 Å². The van der Waals surface area contributed by atoms with E-state index in [-0.39, 0.29) is 70.0 Å². The van der Waals surface area contributed by atoms with Gasteiger partial charge in [-0.1, -0.05) is 54.6 Å². The molecule has 0 saturated carbocycles. The normalized spacial score (nSPS) is 13.6. The summed E-state index contributed by atoms with van der Waals surface area (Å²) in [7, 11) is 0. The molecule has 65 heavy (non-hydrogen) atoms. The van der Waals surface area contributed by atoms with Crippen LogP contribution in [0.25, 0.3) is 32.7 Å². The Morgan fingerprint density at radius 1 is 0.477 bits per heavy atom. The molecule has 342 valence electrons. The molecule has 3 heterocycles. The van der Waals surface area contributed by atoms with Gasteiger partial charge in [0.1, 0.15) is 24.2 Å². The lowest BCUT2D eigenvalue weighted by Gasteiger charge is -2.27. The summed E-state index contributed by atoms with van der Waals surface area (Å²) < 4.78 is 0. The lowest BCUT2D eigenvalue weighted by atomic mass is 10.0. The molecule has 0 aliphatic carbocycles. The summed E-state index contributed by atoms with van der Waals surface area (Å²) >= 11 is 0. The fourth-order valence-corrected chi connectivity index (χ4v) is 7.74. The molecule has 3 aromatic carbocycles. The standard InChI is InChI=1S/C45H57N15O5/c46-31(19-25-22-54-32-12-4-1-9-28(25)32)40(62)57-35(15-7-17-52-44(48)49)42(64)60-38(21-27-24-56-34-14-6-3-11-30(27)34)43(65)58-36(16-8-18-53-45(50)51)41(63)59-37(39(47)61)20-26-23-55-33-13-5-2-10-29(26)33/h1-6,9-14,22-24,31,35-38,54-56H,7-8,15-21,46H2,(H2,47,61)(H,57,62)(H,58,65)(H,59,63)(H,60,64)(H4,48,49,52)(H4,50,51,53)/t31-,35-,36-,37-,38-/m0/s1. The van der Waals surface area contributed by atoms with E-state index in [9.17, 15) is 24.0 Å². The van der Waals surface area contributed by atoms with Crippen LogP contribution in [0.15, 0.2) is 101 Å². The van der Waals surface area contributed by atoms with Gasteiger partial charge in [-0.15, -0.1) is 0 Å². The van der Waals surface area contributed by atoms with Gasteiger partial charge in [0.15, 0.2) is 11.9 Å². The van der Waals surface area contributed by atoms with Crippen molar-refractivity contribution in [2.75, 3.05) is 13.1 Å². The van der Waals surface area contributed by atoms with E-state index in [0.717, 1.165) is 43.8 Å². The quantitative estimate of drug-likeness (QED) is 0.0232. The van der Waals surface area contributed by atoms with Crippen LogP contribution in [-0.4, -0.2) is 99.7 Å². The highest BCUT2D eigenvalue weighted by Crippen LogP contribution is 2.22. The number of aliphatic imine (C=N–C) groups is 2. The summed E-state index contributed by atoms with van der Waals surface area (Å²) in [5.74, 6) is -3.77. The lowest BCUT2D eigenvalue weighted by molar-refractivity contribution is -0.134. The summed E-state index contributed by atoms with van der Waals surface area (Å²) in [5, 5.41) is 13.7. The first-order valence-corrected chi connectivity index (χ1v) is 21.3. The Morgan fingerprint density at radius 2 is 0.831 bits per heavy atom. The predicted molar refractivity (Wildman–Crippen MR) is 251 cm³/mol. The first kappa shape index (κ1) is 46.6. The van der Waals surface area contributed by atoms with E-state index in [1.54, 1.807) is 18.6 Å². The number of carbonyl (C=O) groups is 5. The van der Waals surface area contributed by atoms with E-state index < -0.39 is 59.7 Å². The number of amides is 5. The number of hydrogen-bond acceptors (Lipinski definition) is 8. The van der Waals surface area contributed by atoms with Crippen molar-refractivity contribution in [3.63, 3.8) is 0 Å². The second-order valence-corrected chi connectivity index (χ2v) is 15.8. The lowest BCUT2D eigenvalue weighted by Crippen LogP contribution is -2.59. The van der Waals surface area contributed by atoms with E-state index in [0.29, 0.717) is 5.56 Å². The molecule has 5 amide bonds. The average molecular weight is 888 g/mol. The highest BCUT2D eigenvalue weighted by molar-refractivity contribution is 5.97. The minimum Gasteiger partial charge on any atom is -0.370 e. The molecule has 0 radical (unpaired) electrons. The van der Waals surface area contributed by atoms with Crippen LogP contribution in [0.1, 0.15) is 42.4 Å². The predicted octanol–water partition coefficient (Wildman–Crippen LogP) is 0.0174. The zero-order valence-electron chi connectivity index (χ0n) is 35.8. The van der Waals surface area contributed by atoms with Crippen molar-refractivity contribution >= 4 is 74.2 Å². The molecular weight excluding hydrogens is 831 g/mol. The second kappa shape index (κ2) is 22.0. The van der Waals surface area contributed by atoms with E-state index in [2.05, 4.69) is 46.2 Å². The van der Waals surface area contributed by atoms with Gasteiger partial charge in [0.25, 0.3) is 0 Å². The highest BCUT2D eigenvalue weighted by Gasteiger charge is 2.32. The fourth-order valence-electron chi connectivity index (χ4n) is 7.74. The number of aromatic amines is 3. The number of hydrogen-bond donors (Lipinski definition) is 13. The molecule has 3 aromatic heterocycles. The Labute approximate surface area is 374 Å². The maximum atomic E-state index is 14.6. The molecule has 0 saturated heterocycles. The zero-order chi connectivity index (χ0) is 46.5. The minimum absolute atomic E-state index is 0.0247. The van der Waals surface area contributed by atoms with Crippen LogP contribution in [0.4, 0.5) is 0 Å². The topological polar surface area (TPSA) is 362 Å².